The number of hydrogen-bond donors (Lipinski definition) is 0. The number of hydrogen-bond acceptors (Lipinski definition) is 6. The summed E-state index contributed by atoms with van der Waals surface area (Å²) in [6.07, 6.45) is 1.19. The van der Waals surface area contributed by atoms with E-state index < -0.39 is 0 Å². The number of likely N-dealkylation sites (tertiary alicyclic amines) is 1. The number of ether oxygens (including phenoxy) is 4. The lowest BCUT2D eigenvalue weighted by molar-refractivity contribution is -0.141. The predicted molar refractivity (Wildman–Crippen MR) is 148 cm³/mol. The molecule has 7 nitrogen and oxygen atoms in total. The Morgan fingerprint density at radius 3 is 2.54 bits per heavy atom. The van der Waals surface area contributed by atoms with Crippen LogP contribution in [0, 0.1) is 13.8 Å². The van der Waals surface area contributed by atoms with Crippen molar-refractivity contribution in [3.8, 4) is 28.4 Å². The Morgan fingerprint density at radius 2 is 1.82 bits per heavy atom. The molecule has 1 saturated heterocycles. The van der Waals surface area contributed by atoms with Crippen LogP contribution in [-0.4, -0.2) is 49.7 Å². The number of carbonyl (C=O) groups is 2. The lowest BCUT2D eigenvalue weighted by Gasteiger charge is -2.18. The average Bonchev–Trinajstić information content (AvgIpc) is 3.54. The normalized spacial score (nSPS) is 17.9. The van der Waals surface area contributed by atoms with Crippen LogP contribution < -0.4 is 14.2 Å². The number of amides is 1. The average molecular weight is 530 g/mol. The van der Waals surface area contributed by atoms with Crippen molar-refractivity contribution in [1.82, 2.24) is 4.90 Å². The first kappa shape index (κ1) is 26.6. The van der Waals surface area contributed by atoms with Gasteiger partial charge in [-0.2, -0.15) is 0 Å². The summed E-state index contributed by atoms with van der Waals surface area (Å²) < 4.78 is 22.9. The minimum atomic E-state index is -0.237. The molecule has 0 spiro atoms. The van der Waals surface area contributed by atoms with Crippen molar-refractivity contribution in [3.63, 3.8) is 0 Å². The molecule has 1 amide bonds. The van der Waals surface area contributed by atoms with E-state index in [0.29, 0.717) is 26.2 Å². The van der Waals surface area contributed by atoms with Crippen LogP contribution in [0.4, 0.5) is 0 Å². The van der Waals surface area contributed by atoms with Crippen LogP contribution in [0.5, 0.6) is 17.2 Å². The first-order valence-corrected chi connectivity index (χ1v) is 13.4. The molecular formula is C32H35NO6. The van der Waals surface area contributed by atoms with Gasteiger partial charge in [0.05, 0.1) is 26.7 Å². The van der Waals surface area contributed by atoms with E-state index in [4.69, 9.17) is 18.9 Å². The van der Waals surface area contributed by atoms with Crippen molar-refractivity contribution >= 4 is 11.9 Å². The highest BCUT2D eigenvalue weighted by atomic mass is 16.5. The Morgan fingerprint density at radius 1 is 1.03 bits per heavy atom. The molecule has 0 radical (unpaired) electrons. The summed E-state index contributed by atoms with van der Waals surface area (Å²) in [5.74, 6) is 2.20. The van der Waals surface area contributed by atoms with Crippen molar-refractivity contribution in [1.29, 1.82) is 0 Å². The number of nitrogens with zero attached hydrogens (tertiary/aromatic N) is 1. The molecule has 204 valence electrons. The number of benzene rings is 3. The number of methoxy groups -OCH3 is 1. The zero-order valence-electron chi connectivity index (χ0n) is 23.0. The molecule has 0 unspecified atom stereocenters. The Labute approximate surface area is 229 Å². The Balaban J connectivity index is 1.25. The van der Waals surface area contributed by atoms with Crippen LogP contribution in [0.3, 0.4) is 0 Å². The smallest absolute Gasteiger partial charge is 0.306 e. The monoisotopic (exact) mass is 529 g/mol. The molecular weight excluding hydrogens is 494 g/mol. The van der Waals surface area contributed by atoms with E-state index in [9.17, 15) is 9.59 Å². The van der Waals surface area contributed by atoms with Gasteiger partial charge in [-0.15, -0.1) is 0 Å². The second-order valence-corrected chi connectivity index (χ2v) is 10.4. The van der Waals surface area contributed by atoms with E-state index in [1.807, 2.05) is 23.1 Å². The lowest BCUT2D eigenvalue weighted by Crippen LogP contribution is -2.28. The zero-order chi connectivity index (χ0) is 27.5. The summed E-state index contributed by atoms with van der Waals surface area (Å²) in [5, 5.41) is 0. The number of rotatable bonds is 8. The van der Waals surface area contributed by atoms with Crippen molar-refractivity contribution < 1.29 is 28.5 Å². The van der Waals surface area contributed by atoms with Crippen molar-refractivity contribution in [2.75, 3.05) is 26.8 Å². The van der Waals surface area contributed by atoms with Gasteiger partial charge in [0.2, 0.25) is 5.91 Å². The molecule has 0 aliphatic carbocycles. The highest BCUT2D eigenvalue weighted by molar-refractivity contribution is 5.74. The minimum Gasteiger partial charge on any atom is -0.492 e. The van der Waals surface area contributed by atoms with E-state index in [0.717, 1.165) is 58.0 Å². The van der Waals surface area contributed by atoms with Crippen LogP contribution >= 0.6 is 0 Å². The highest BCUT2D eigenvalue weighted by Gasteiger charge is 2.28. The van der Waals surface area contributed by atoms with E-state index >= 15 is 0 Å². The van der Waals surface area contributed by atoms with Gasteiger partial charge in [-0.1, -0.05) is 24.3 Å². The lowest BCUT2D eigenvalue weighted by atomic mass is 9.94. The number of esters is 1. The van der Waals surface area contributed by atoms with Gasteiger partial charge < -0.3 is 23.8 Å². The first-order chi connectivity index (χ1) is 18.8. The van der Waals surface area contributed by atoms with Crippen LogP contribution in [0.2, 0.25) is 0 Å². The molecule has 39 heavy (non-hydrogen) atoms. The van der Waals surface area contributed by atoms with Gasteiger partial charge in [0.25, 0.3) is 0 Å². The topological polar surface area (TPSA) is 74.3 Å². The van der Waals surface area contributed by atoms with E-state index in [-0.39, 0.29) is 23.9 Å². The second kappa shape index (κ2) is 11.4. The summed E-state index contributed by atoms with van der Waals surface area (Å²) in [4.78, 5) is 25.2. The largest absolute Gasteiger partial charge is 0.492 e. The fraction of sp³-hybridized carbons (Fsp3) is 0.375. The molecule has 2 aliphatic rings. The third-order valence-corrected chi connectivity index (χ3v) is 7.53. The van der Waals surface area contributed by atoms with Crippen LogP contribution in [0.15, 0.2) is 54.6 Å². The summed E-state index contributed by atoms with van der Waals surface area (Å²) in [5.41, 5.74) is 6.67. The van der Waals surface area contributed by atoms with Gasteiger partial charge in [-0.25, -0.2) is 0 Å². The number of aryl methyl sites for hydroxylation is 2. The fourth-order valence-electron chi connectivity index (χ4n) is 5.53. The molecule has 3 aromatic rings. The van der Waals surface area contributed by atoms with Gasteiger partial charge in [-0.3, -0.25) is 9.59 Å². The molecule has 0 saturated carbocycles. The Bertz CT molecular complexity index is 1360. The number of fused-ring (bicyclic) bond motifs is 1. The van der Waals surface area contributed by atoms with Gasteiger partial charge >= 0.3 is 5.97 Å². The van der Waals surface area contributed by atoms with Gasteiger partial charge in [0.1, 0.15) is 30.0 Å². The molecule has 2 atom stereocenters. The van der Waals surface area contributed by atoms with Crippen LogP contribution in [0.1, 0.15) is 47.9 Å². The SMILES string of the molecule is COC(=O)C[C@@H]1COc2cc(OCc3cccc(-c4c(C)cc(O[C@H]5CCN(C(C)=O)C5)cc4C)c3)ccc21. The third-order valence-electron chi connectivity index (χ3n) is 7.53. The molecule has 0 N–H and O–H groups in total. The second-order valence-electron chi connectivity index (χ2n) is 10.4. The van der Waals surface area contributed by atoms with Gasteiger partial charge in [0, 0.05) is 37.4 Å². The van der Waals surface area contributed by atoms with Crippen LogP contribution in [0.25, 0.3) is 11.1 Å². The molecule has 0 bridgehead atoms. The maximum absolute atomic E-state index is 11.7. The third kappa shape index (κ3) is 6.03. The molecule has 1 fully saturated rings. The van der Waals surface area contributed by atoms with E-state index in [1.165, 1.54) is 12.7 Å². The van der Waals surface area contributed by atoms with Gasteiger partial charge in [0.15, 0.2) is 0 Å². The van der Waals surface area contributed by atoms with E-state index in [1.54, 1.807) is 6.92 Å². The predicted octanol–water partition coefficient (Wildman–Crippen LogP) is 5.59. The van der Waals surface area contributed by atoms with Crippen LogP contribution in [-0.2, 0) is 20.9 Å². The minimum absolute atomic E-state index is 0.00912. The standard InChI is InChI=1S/C32H35NO6/c1-20-12-28(39-27-10-11-33(17-27)22(3)34)13-21(2)32(20)24-7-5-6-23(14-24)18-37-26-8-9-29-25(15-31(35)36-4)19-38-30(29)16-26/h5-9,12-14,16,25,27H,10-11,15,17-19H2,1-4H3/t25-,27+/m1/s1. The van der Waals surface area contributed by atoms with Gasteiger partial charge in [-0.05, 0) is 65.9 Å². The first-order valence-electron chi connectivity index (χ1n) is 13.4. The molecule has 0 aromatic heterocycles. The zero-order valence-corrected chi connectivity index (χ0v) is 23.0. The maximum Gasteiger partial charge on any atom is 0.306 e. The molecule has 7 heteroatoms. The quantitative estimate of drug-likeness (QED) is 0.354. The highest BCUT2D eigenvalue weighted by Crippen LogP contribution is 2.39. The Kier molecular flexibility index (Phi) is 7.77. The molecule has 5 rings (SSSR count). The molecule has 3 aromatic carbocycles. The van der Waals surface area contributed by atoms with Crippen molar-refractivity contribution in [2.24, 2.45) is 0 Å². The molecule has 2 aliphatic heterocycles. The molecule has 2 heterocycles. The number of carbonyl (C=O) groups excluding carboxylic acids is 2. The summed E-state index contributed by atoms with van der Waals surface area (Å²) in [7, 11) is 1.40. The van der Waals surface area contributed by atoms with Crippen molar-refractivity contribution in [3.05, 3.63) is 76.9 Å². The summed E-state index contributed by atoms with van der Waals surface area (Å²) in [6.45, 7) is 8.09. The fourth-order valence-corrected chi connectivity index (χ4v) is 5.53. The maximum atomic E-state index is 11.7. The van der Waals surface area contributed by atoms with Crippen molar-refractivity contribution in [2.45, 2.75) is 52.2 Å². The summed E-state index contributed by atoms with van der Waals surface area (Å²) >= 11 is 0. The van der Waals surface area contributed by atoms with E-state index in [2.05, 4.69) is 50.2 Å². The Hall–Kier alpha value is -4.00. The summed E-state index contributed by atoms with van der Waals surface area (Å²) in [6, 6.07) is 18.3.